The Balaban J connectivity index is 1.98. The van der Waals surface area contributed by atoms with Crippen molar-refractivity contribution >= 4 is 5.91 Å². The number of methoxy groups -OCH3 is 1. The van der Waals surface area contributed by atoms with Gasteiger partial charge < -0.3 is 4.74 Å². The van der Waals surface area contributed by atoms with Crippen molar-refractivity contribution in [1.29, 1.82) is 0 Å². The molecule has 6 nitrogen and oxygen atoms in total. The fraction of sp³-hybridized carbons (Fsp3) is 0.200. The number of hydroxylamine groups is 1. The predicted octanol–water partition coefficient (Wildman–Crippen LogP) is 3.29. The van der Waals surface area contributed by atoms with Crippen LogP contribution in [0.4, 0.5) is 0 Å². The summed E-state index contributed by atoms with van der Waals surface area (Å²) in [5.41, 5.74) is 5.37. The molecule has 0 bridgehead atoms. The normalized spacial score (nSPS) is 10.5. The minimum Gasteiger partial charge on any atom is -0.497 e. The zero-order chi connectivity index (χ0) is 18.4. The van der Waals surface area contributed by atoms with Gasteiger partial charge in [0, 0.05) is 11.8 Å². The molecule has 0 aliphatic carbocycles. The fourth-order valence-electron chi connectivity index (χ4n) is 2.62. The van der Waals surface area contributed by atoms with Gasteiger partial charge in [0.15, 0.2) is 0 Å². The van der Waals surface area contributed by atoms with Gasteiger partial charge in [-0.25, -0.2) is 5.48 Å². The highest BCUT2D eigenvalue weighted by molar-refractivity contribution is 5.99. The van der Waals surface area contributed by atoms with Gasteiger partial charge in [0.2, 0.25) is 0 Å². The minimum atomic E-state index is -0.330. The van der Waals surface area contributed by atoms with Crippen LogP contribution in [0.25, 0.3) is 11.3 Å². The smallest absolute Gasteiger partial charge is 0.278 e. The number of carbonyl (C=O) groups is 1. The Morgan fingerprint density at radius 3 is 2.69 bits per heavy atom. The predicted molar refractivity (Wildman–Crippen MR) is 98.9 cm³/mol. The van der Waals surface area contributed by atoms with Crippen molar-refractivity contribution in [3.05, 3.63) is 71.9 Å². The van der Waals surface area contributed by atoms with Gasteiger partial charge >= 0.3 is 0 Å². The molecule has 134 valence electrons. The molecule has 0 unspecified atom stereocenters. The molecule has 3 aromatic rings. The van der Waals surface area contributed by atoms with E-state index in [2.05, 4.69) is 10.6 Å². The lowest BCUT2D eigenvalue weighted by atomic mass is 10.1. The molecule has 1 heterocycles. The molecular formula is C20H21N3O3. The first-order valence-electron chi connectivity index (χ1n) is 8.39. The van der Waals surface area contributed by atoms with Gasteiger partial charge in [-0.3, -0.25) is 14.3 Å². The number of benzene rings is 2. The van der Waals surface area contributed by atoms with Crippen LogP contribution in [0.3, 0.4) is 0 Å². The maximum atomic E-state index is 12.5. The molecule has 0 saturated carbocycles. The fourth-order valence-corrected chi connectivity index (χ4v) is 2.62. The molecule has 1 N–H and O–H groups in total. The summed E-state index contributed by atoms with van der Waals surface area (Å²) in [5.74, 6) is 0.375. The van der Waals surface area contributed by atoms with Gasteiger partial charge in [0.25, 0.3) is 5.91 Å². The Hall–Kier alpha value is -3.12. The van der Waals surface area contributed by atoms with Crippen LogP contribution >= 0.6 is 0 Å². The van der Waals surface area contributed by atoms with E-state index in [-0.39, 0.29) is 5.91 Å². The highest BCUT2D eigenvalue weighted by Crippen LogP contribution is 2.26. The molecule has 3 rings (SSSR count). The highest BCUT2D eigenvalue weighted by atomic mass is 16.6. The molecule has 6 heteroatoms. The zero-order valence-electron chi connectivity index (χ0n) is 14.8. The first-order valence-corrected chi connectivity index (χ1v) is 8.39. The average molecular weight is 351 g/mol. The minimum absolute atomic E-state index is 0.330. The summed E-state index contributed by atoms with van der Waals surface area (Å²) in [6.07, 6.45) is 1.73. The standard InChI is InChI=1S/C20H21N3O3/c1-3-26-22-20(24)18-14-23(13-15-8-5-4-6-9-15)21-19(18)16-10-7-11-17(12-16)25-2/h4-12,14H,3,13H2,1-2H3,(H,22,24). The van der Waals surface area contributed by atoms with Gasteiger partial charge in [-0.05, 0) is 24.6 Å². The summed E-state index contributed by atoms with van der Waals surface area (Å²) in [6.45, 7) is 2.76. The Kier molecular flexibility index (Phi) is 5.66. The van der Waals surface area contributed by atoms with E-state index in [0.717, 1.165) is 11.1 Å². The summed E-state index contributed by atoms with van der Waals surface area (Å²) in [6, 6.07) is 17.4. The van der Waals surface area contributed by atoms with Crippen LogP contribution in [0.1, 0.15) is 22.8 Å². The summed E-state index contributed by atoms with van der Waals surface area (Å²) < 4.78 is 7.04. The first kappa shape index (κ1) is 17.7. The molecule has 0 atom stereocenters. The number of ether oxygens (including phenoxy) is 1. The second-order valence-corrected chi connectivity index (χ2v) is 5.67. The molecule has 26 heavy (non-hydrogen) atoms. The number of nitrogens with zero attached hydrogens (tertiary/aromatic N) is 2. The molecule has 0 fully saturated rings. The second-order valence-electron chi connectivity index (χ2n) is 5.67. The van der Waals surface area contributed by atoms with Crippen molar-refractivity contribution in [2.45, 2.75) is 13.5 Å². The van der Waals surface area contributed by atoms with E-state index >= 15 is 0 Å². The van der Waals surface area contributed by atoms with Gasteiger partial charge in [0.1, 0.15) is 11.4 Å². The van der Waals surface area contributed by atoms with E-state index in [0.29, 0.717) is 30.2 Å². The molecule has 2 aromatic carbocycles. The molecule has 0 radical (unpaired) electrons. The Labute approximate surface area is 152 Å². The van der Waals surface area contributed by atoms with Crippen LogP contribution in [0, 0.1) is 0 Å². The monoisotopic (exact) mass is 351 g/mol. The van der Waals surface area contributed by atoms with Crippen molar-refractivity contribution in [1.82, 2.24) is 15.3 Å². The van der Waals surface area contributed by atoms with Crippen molar-refractivity contribution < 1.29 is 14.4 Å². The topological polar surface area (TPSA) is 65.4 Å². The molecule has 0 aliphatic heterocycles. The summed E-state index contributed by atoms with van der Waals surface area (Å²) in [5, 5.41) is 4.63. The maximum absolute atomic E-state index is 12.5. The van der Waals surface area contributed by atoms with Crippen LogP contribution < -0.4 is 10.2 Å². The zero-order valence-corrected chi connectivity index (χ0v) is 14.8. The Bertz CT molecular complexity index is 875. The van der Waals surface area contributed by atoms with E-state index in [9.17, 15) is 4.79 Å². The van der Waals surface area contributed by atoms with E-state index in [4.69, 9.17) is 9.57 Å². The summed E-state index contributed by atoms with van der Waals surface area (Å²) >= 11 is 0. The Morgan fingerprint density at radius 2 is 1.96 bits per heavy atom. The third-order valence-corrected chi connectivity index (χ3v) is 3.85. The number of nitrogens with one attached hydrogen (secondary N) is 1. The highest BCUT2D eigenvalue weighted by Gasteiger charge is 2.18. The van der Waals surface area contributed by atoms with Gasteiger partial charge in [-0.2, -0.15) is 5.10 Å². The van der Waals surface area contributed by atoms with Gasteiger partial charge in [0.05, 0.1) is 25.8 Å². The lowest BCUT2D eigenvalue weighted by Gasteiger charge is -2.05. The molecule has 1 aromatic heterocycles. The maximum Gasteiger partial charge on any atom is 0.278 e. The van der Waals surface area contributed by atoms with Crippen molar-refractivity contribution in [2.24, 2.45) is 0 Å². The molecular weight excluding hydrogens is 330 g/mol. The SMILES string of the molecule is CCONC(=O)c1cn(Cc2ccccc2)nc1-c1cccc(OC)c1. The lowest BCUT2D eigenvalue weighted by molar-refractivity contribution is 0.0365. The average Bonchev–Trinajstić information content (AvgIpc) is 3.11. The number of rotatable bonds is 7. The van der Waals surface area contributed by atoms with Crippen LogP contribution in [-0.4, -0.2) is 29.4 Å². The molecule has 0 saturated heterocycles. The van der Waals surface area contributed by atoms with Gasteiger partial charge in [-0.1, -0.05) is 42.5 Å². The lowest BCUT2D eigenvalue weighted by Crippen LogP contribution is -2.23. The first-order chi connectivity index (χ1) is 12.7. The second kappa shape index (κ2) is 8.31. The quantitative estimate of drug-likeness (QED) is 0.664. The van der Waals surface area contributed by atoms with Crippen molar-refractivity contribution in [3.8, 4) is 17.0 Å². The van der Waals surface area contributed by atoms with Crippen molar-refractivity contribution in [2.75, 3.05) is 13.7 Å². The number of hydrogen-bond acceptors (Lipinski definition) is 4. The van der Waals surface area contributed by atoms with Crippen LogP contribution in [0.2, 0.25) is 0 Å². The molecule has 0 spiro atoms. The van der Waals surface area contributed by atoms with E-state index in [1.54, 1.807) is 18.0 Å². The molecule has 0 aliphatic rings. The van der Waals surface area contributed by atoms with E-state index < -0.39 is 0 Å². The number of aromatic nitrogens is 2. The summed E-state index contributed by atoms with van der Waals surface area (Å²) in [7, 11) is 1.61. The number of hydrogen-bond donors (Lipinski definition) is 1. The van der Waals surface area contributed by atoms with Crippen LogP contribution in [0.15, 0.2) is 60.8 Å². The van der Waals surface area contributed by atoms with E-state index in [1.165, 1.54) is 0 Å². The van der Waals surface area contributed by atoms with Crippen LogP contribution in [0.5, 0.6) is 5.75 Å². The number of carbonyl (C=O) groups excluding carboxylic acids is 1. The van der Waals surface area contributed by atoms with Crippen molar-refractivity contribution in [3.63, 3.8) is 0 Å². The molecule has 1 amide bonds. The van der Waals surface area contributed by atoms with Crippen LogP contribution in [-0.2, 0) is 11.4 Å². The van der Waals surface area contributed by atoms with Gasteiger partial charge in [-0.15, -0.1) is 0 Å². The summed E-state index contributed by atoms with van der Waals surface area (Å²) in [4.78, 5) is 17.5. The third-order valence-electron chi connectivity index (χ3n) is 3.85. The largest absolute Gasteiger partial charge is 0.497 e. The number of amides is 1. The Morgan fingerprint density at radius 1 is 1.15 bits per heavy atom. The van der Waals surface area contributed by atoms with E-state index in [1.807, 2.05) is 61.5 Å². The third kappa shape index (κ3) is 4.10.